The number of esters is 2. The van der Waals surface area contributed by atoms with Crippen molar-refractivity contribution in [3.05, 3.63) is 324 Å². The smallest absolute Gasteiger partial charge is 0.496 e. The Morgan fingerprint density at radius 3 is 1.06 bits per heavy atom. The third-order valence-corrected chi connectivity index (χ3v) is 20.1. The molecule has 28 heteroatoms. The minimum absolute atomic E-state index is 0.115. The number of nitrogens with zero attached hydrogens (tertiary/aromatic N) is 4. The SMILES string of the molecule is COC(=O)OCc1ccc(OC)c(-c2cccc(Cl)c2)c1F.COC(=O)c1ccc(B2OC(C)(C)C(C)(C)O2)cn1.COC(=O)c1ccc(Cc2ccc(OC)c(-c3cccc(Cl)c3)c2F)cn1.COc1ccc(Cc2ccc(C(C)(C)O)nc2)c(F)c1-c1cccc(Cl)c1.COc1ccc(Cc2ccc(CO)nc2)c(F)c1-c1cccc(Cl)c1. The third kappa shape index (κ3) is 24.0. The molecule has 0 amide bonds. The van der Waals surface area contributed by atoms with Crippen molar-refractivity contribution in [2.24, 2.45) is 0 Å². The van der Waals surface area contributed by atoms with Crippen molar-refractivity contribution in [3.8, 4) is 67.5 Å². The lowest BCUT2D eigenvalue weighted by atomic mass is 9.80. The normalized spacial score (nSPS) is 12.3. The van der Waals surface area contributed by atoms with E-state index in [0.29, 0.717) is 129 Å². The summed E-state index contributed by atoms with van der Waals surface area (Å²) in [6.45, 7) is 11.0. The van der Waals surface area contributed by atoms with Gasteiger partial charge in [-0.3, -0.25) is 9.97 Å². The van der Waals surface area contributed by atoms with Crippen LogP contribution in [0.5, 0.6) is 23.0 Å². The second kappa shape index (κ2) is 42.5. The number of ether oxygens (including phenoxy) is 8. The Hall–Kier alpha value is -11.4. The van der Waals surface area contributed by atoms with Crippen molar-refractivity contribution in [1.82, 2.24) is 19.9 Å². The summed E-state index contributed by atoms with van der Waals surface area (Å²) < 4.78 is 112. The molecule has 0 atom stereocenters. The molecule has 0 bridgehead atoms. The average molecular weight is 1720 g/mol. The number of carbonyl (C=O) groups is 3. The molecule has 19 nitrogen and oxygen atoms in total. The second-order valence-electron chi connectivity index (χ2n) is 28.3. The van der Waals surface area contributed by atoms with Gasteiger partial charge in [-0.15, -0.1) is 0 Å². The first kappa shape index (κ1) is 92.4. The number of aliphatic hydroxyl groups is 2. The fraction of sp³-hybridized carbons (Fsp3) is 0.228. The minimum Gasteiger partial charge on any atom is -0.496 e. The van der Waals surface area contributed by atoms with E-state index in [1.54, 1.807) is 208 Å². The fourth-order valence-corrected chi connectivity index (χ4v) is 12.9. The predicted octanol–water partition coefficient (Wildman–Crippen LogP) is 20.5. The molecule has 0 spiro atoms. The zero-order chi connectivity index (χ0) is 87.2. The predicted molar refractivity (Wildman–Crippen MR) is 456 cm³/mol. The van der Waals surface area contributed by atoms with Crippen molar-refractivity contribution < 1.29 is 89.4 Å². The van der Waals surface area contributed by atoms with E-state index < -0.39 is 47.8 Å². The summed E-state index contributed by atoms with van der Waals surface area (Å²) in [5.74, 6) is -0.873. The zero-order valence-corrected chi connectivity index (χ0v) is 70.9. The zero-order valence-electron chi connectivity index (χ0n) is 67.9. The molecular weight excluding hydrogens is 1630 g/mol. The third-order valence-electron chi connectivity index (χ3n) is 19.2. The van der Waals surface area contributed by atoms with Gasteiger partial charge in [-0.25, -0.2) is 41.9 Å². The van der Waals surface area contributed by atoms with Gasteiger partial charge in [0.15, 0.2) is 0 Å². The molecule has 120 heavy (non-hydrogen) atoms. The summed E-state index contributed by atoms with van der Waals surface area (Å²) in [5, 5.41) is 21.1. The minimum atomic E-state index is -1.01. The molecular formula is C92H87BCl4F4N4O15. The molecule has 1 saturated heterocycles. The number of aliphatic hydroxyl groups excluding tert-OH is 1. The summed E-state index contributed by atoms with van der Waals surface area (Å²) >= 11 is 24.1. The van der Waals surface area contributed by atoms with E-state index in [1.165, 1.54) is 62.0 Å². The van der Waals surface area contributed by atoms with Gasteiger partial charge >= 0.3 is 25.2 Å². The molecule has 4 aromatic heterocycles. The lowest BCUT2D eigenvalue weighted by Crippen LogP contribution is -2.41. The number of benzene rings is 8. The molecule has 12 aromatic rings. The Balaban J connectivity index is 0.000000172. The van der Waals surface area contributed by atoms with Gasteiger partial charge < -0.3 is 57.4 Å². The van der Waals surface area contributed by atoms with Crippen LogP contribution in [-0.2, 0) is 66.3 Å². The van der Waals surface area contributed by atoms with Crippen molar-refractivity contribution in [2.75, 3.05) is 49.8 Å². The Morgan fingerprint density at radius 1 is 0.425 bits per heavy atom. The first-order valence-electron chi connectivity index (χ1n) is 37.1. The van der Waals surface area contributed by atoms with E-state index in [9.17, 15) is 23.9 Å². The maximum absolute atomic E-state index is 15.3. The van der Waals surface area contributed by atoms with Crippen LogP contribution in [0.15, 0.2) is 219 Å². The molecule has 1 aliphatic rings. The summed E-state index contributed by atoms with van der Waals surface area (Å²) in [4.78, 5) is 50.3. The van der Waals surface area contributed by atoms with E-state index >= 15 is 13.2 Å². The van der Waals surface area contributed by atoms with E-state index in [4.69, 9.17) is 84.5 Å². The number of rotatable bonds is 21. The van der Waals surface area contributed by atoms with Crippen molar-refractivity contribution in [1.29, 1.82) is 0 Å². The largest absolute Gasteiger partial charge is 0.508 e. The number of hydrogen-bond acceptors (Lipinski definition) is 19. The lowest BCUT2D eigenvalue weighted by molar-refractivity contribution is 0.00578. The molecule has 1 fully saturated rings. The van der Waals surface area contributed by atoms with Gasteiger partial charge in [0.25, 0.3) is 0 Å². The van der Waals surface area contributed by atoms with Crippen molar-refractivity contribution >= 4 is 77.1 Å². The van der Waals surface area contributed by atoms with E-state index in [1.807, 2.05) is 39.8 Å². The molecule has 8 aromatic carbocycles. The summed E-state index contributed by atoms with van der Waals surface area (Å²) in [5.41, 5.74) is 8.79. The van der Waals surface area contributed by atoms with Crippen LogP contribution >= 0.6 is 46.4 Å². The van der Waals surface area contributed by atoms with E-state index in [2.05, 4.69) is 34.1 Å². The Kier molecular flexibility index (Phi) is 32.7. The maximum atomic E-state index is 15.3. The molecule has 2 N–H and O–H groups in total. The maximum Gasteiger partial charge on any atom is 0.508 e. The first-order valence-corrected chi connectivity index (χ1v) is 38.6. The molecule has 5 heterocycles. The number of pyridine rings is 4. The number of methoxy groups -OCH3 is 7. The molecule has 0 radical (unpaired) electrons. The lowest BCUT2D eigenvalue weighted by Gasteiger charge is -2.32. The number of aromatic nitrogens is 4. The number of carbonyl (C=O) groups excluding carboxylic acids is 3. The van der Waals surface area contributed by atoms with Crippen molar-refractivity contribution in [2.45, 2.75) is 90.8 Å². The van der Waals surface area contributed by atoms with Gasteiger partial charge in [-0.1, -0.05) is 137 Å². The summed E-state index contributed by atoms with van der Waals surface area (Å²) in [6, 6.07) is 55.1. The molecule has 0 saturated carbocycles. The van der Waals surface area contributed by atoms with Gasteiger partial charge in [0, 0.05) is 75.2 Å². The molecule has 624 valence electrons. The monoisotopic (exact) mass is 1710 g/mol. The molecule has 1 aliphatic heterocycles. The highest BCUT2D eigenvalue weighted by atomic mass is 35.5. The van der Waals surface area contributed by atoms with Gasteiger partial charge in [0.2, 0.25) is 0 Å². The molecule has 13 rings (SSSR count). The topological polar surface area (TPSA) is 236 Å². The molecule has 0 unspecified atom stereocenters. The highest BCUT2D eigenvalue weighted by Gasteiger charge is 2.52. The molecule has 0 aliphatic carbocycles. The summed E-state index contributed by atoms with van der Waals surface area (Å²) in [6.07, 6.45) is 6.63. The van der Waals surface area contributed by atoms with Crippen LogP contribution in [0.4, 0.5) is 22.4 Å². The van der Waals surface area contributed by atoms with E-state index in [0.717, 1.165) is 22.2 Å². The van der Waals surface area contributed by atoms with Crippen LogP contribution in [0.25, 0.3) is 44.5 Å². The highest BCUT2D eigenvalue weighted by molar-refractivity contribution is 6.62. The van der Waals surface area contributed by atoms with Gasteiger partial charge in [0.1, 0.15) is 69.9 Å². The van der Waals surface area contributed by atoms with Crippen LogP contribution in [0.1, 0.15) is 113 Å². The van der Waals surface area contributed by atoms with Crippen LogP contribution in [-0.4, -0.2) is 116 Å². The summed E-state index contributed by atoms with van der Waals surface area (Å²) in [7, 11) is 9.31. The Bertz CT molecular complexity index is 5520. The Labute approximate surface area is 714 Å². The van der Waals surface area contributed by atoms with Crippen LogP contribution in [0, 0.1) is 23.3 Å². The highest BCUT2D eigenvalue weighted by Crippen LogP contribution is 2.42. The van der Waals surface area contributed by atoms with Crippen LogP contribution < -0.4 is 24.4 Å². The average Bonchev–Trinajstić information content (AvgIpc) is 1.68. The standard InChI is InChI=1S/C22H21ClFNO2.C21H17ClFNO3.C20H17ClFNO2.C16H14ClFO4.C13H18BNO4/c1-22(2,26)19-10-7-14(13-25-19)11-16-8-9-18(27-3)20(21(16)24)15-5-4-6-17(23)12-15;1-26-18-9-7-15(10-13-6-8-17(24-12-13)21(25)27-2)20(23)19(18)14-4-3-5-16(22)11-14;1-25-18-8-6-15(9-13-5-7-17(12-24)23-11-13)20(22)19(18)14-3-2-4-16(21)10-14;1-20-13-7-6-11(9-22-16(19)21-2)15(18)14(13)10-4-3-5-12(17)8-10;1-12(2)13(3,4)19-14(18-12)9-6-7-10(15-8-9)11(16)17-5/h4-10,12-13,26H,11H2,1-3H3;3-9,11-12H,10H2,1-2H3;2-8,10-11,24H,9,12H2,1H3;3-8H,9H2,1-2H3;6-8H,1-5H3. The van der Waals surface area contributed by atoms with Crippen LogP contribution in [0.3, 0.4) is 0 Å². The quantitative estimate of drug-likeness (QED) is 0.0294. The van der Waals surface area contributed by atoms with Gasteiger partial charge in [-0.2, -0.15) is 0 Å². The first-order chi connectivity index (χ1) is 57.3. The van der Waals surface area contributed by atoms with E-state index in [-0.39, 0.29) is 53.2 Å². The number of halogens is 8. The fourth-order valence-electron chi connectivity index (χ4n) is 12.2. The van der Waals surface area contributed by atoms with Crippen LogP contribution in [0.2, 0.25) is 20.1 Å². The Morgan fingerprint density at radius 2 is 0.767 bits per heavy atom. The second-order valence-corrected chi connectivity index (χ2v) is 30.1. The van der Waals surface area contributed by atoms with Gasteiger partial charge in [0.05, 0.1) is 101 Å². The van der Waals surface area contributed by atoms with Crippen molar-refractivity contribution in [3.63, 3.8) is 0 Å². The van der Waals surface area contributed by atoms with Gasteiger partial charge in [-0.05, 0) is 200 Å². The number of hydrogen-bond donors (Lipinski definition) is 2.